The molecular weight excluding hydrogens is 282 g/mol. The van der Waals surface area contributed by atoms with Crippen molar-refractivity contribution in [2.75, 3.05) is 0 Å². The summed E-state index contributed by atoms with van der Waals surface area (Å²) in [5, 5.41) is 10.1. The van der Waals surface area contributed by atoms with Gasteiger partial charge in [0.1, 0.15) is 5.01 Å². The molecule has 0 aliphatic heterocycles. The second kappa shape index (κ2) is 5.50. The highest BCUT2D eigenvalue weighted by Crippen LogP contribution is 2.35. The van der Waals surface area contributed by atoms with Crippen LogP contribution in [0, 0.1) is 6.92 Å². The van der Waals surface area contributed by atoms with Crippen LogP contribution in [0.4, 0.5) is 0 Å². The SMILES string of the molecule is Cc1ccc(-c2nc(C(=O)O)c(-c3ccccc3)s2)cc1. The summed E-state index contributed by atoms with van der Waals surface area (Å²) in [5.41, 5.74) is 3.10. The lowest BCUT2D eigenvalue weighted by Crippen LogP contribution is -1.98. The Labute approximate surface area is 126 Å². The van der Waals surface area contributed by atoms with Gasteiger partial charge < -0.3 is 5.11 Å². The summed E-state index contributed by atoms with van der Waals surface area (Å²) in [6.07, 6.45) is 0. The van der Waals surface area contributed by atoms with E-state index < -0.39 is 5.97 Å². The molecule has 0 saturated carbocycles. The van der Waals surface area contributed by atoms with E-state index in [0.717, 1.165) is 21.7 Å². The monoisotopic (exact) mass is 295 g/mol. The molecule has 0 radical (unpaired) electrons. The van der Waals surface area contributed by atoms with E-state index >= 15 is 0 Å². The quantitative estimate of drug-likeness (QED) is 0.775. The normalized spacial score (nSPS) is 10.5. The summed E-state index contributed by atoms with van der Waals surface area (Å²) >= 11 is 1.41. The minimum atomic E-state index is -0.997. The highest BCUT2D eigenvalue weighted by molar-refractivity contribution is 7.18. The minimum absolute atomic E-state index is 0.113. The van der Waals surface area contributed by atoms with Crippen LogP contribution >= 0.6 is 11.3 Å². The molecule has 0 saturated heterocycles. The van der Waals surface area contributed by atoms with Crippen LogP contribution in [-0.4, -0.2) is 16.1 Å². The molecular formula is C17H13NO2S. The number of aryl methyl sites for hydroxylation is 1. The molecule has 0 aliphatic carbocycles. The predicted octanol–water partition coefficient (Wildman–Crippen LogP) is 4.48. The maximum absolute atomic E-state index is 11.4. The molecule has 3 aromatic rings. The summed E-state index contributed by atoms with van der Waals surface area (Å²) in [7, 11) is 0. The minimum Gasteiger partial charge on any atom is -0.476 e. The van der Waals surface area contributed by atoms with Crippen LogP contribution in [0.15, 0.2) is 54.6 Å². The molecule has 0 aliphatic rings. The van der Waals surface area contributed by atoms with Gasteiger partial charge in [0.05, 0.1) is 4.88 Å². The van der Waals surface area contributed by atoms with Gasteiger partial charge >= 0.3 is 5.97 Å². The lowest BCUT2D eigenvalue weighted by molar-refractivity contribution is 0.0692. The Morgan fingerprint density at radius 2 is 1.67 bits per heavy atom. The van der Waals surface area contributed by atoms with Gasteiger partial charge in [-0.1, -0.05) is 60.2 Å². The first-order chi connectivity index (χ1) is 10.1. The molecule has 3 rings (SSSR count). The number of carbonyl (C=O) groups is 1. The number of carboxylic acid groups (broad SMARTS) is 1. The van der Waals surface area contributed by atoms with E-state index in [9.17, 15) is 9.90 Å². The predicted molar refractivity (Wildman–Crippen MR) is 84.7 cm³/mol. The molecule has 3 nitrogen and oxygen atoms in total. The summed E-state index contributed by atoms with van der Waals surface area (Å²) in [5.74, 6) is -0.997. The van der Waals surface area contributed by atoms with Crippen molar-refractivity contribution in [2.24, 2.45) is 0 Å². The fourth-order valence-electron chi connectivity index (χ4n) is 2.07. The Balaban J connectivity index is 2.13. The number of aromatic carboxylic acids is 1. The first-order valence-corrected chi connectivity index (χ1v) is 7.33. The smallest absolute Gasteiger partial charge is 0.356 e. The summed E-state index contributed by atoms with van der Waals surface area (Å²) in [6.45, 7) is 2.02. The molecule has 21 heavy (non-hydrogen) atoms. The fraction of sp³-hybridized carbons (Fsp3) is 0.0588. The number of hydrogen-bond donors (Lipinski definition) is 1. The van der Waals surface area contributed by atoms with Gasteiger partial charge in [-0.25, -0.2) is 9.78 Å². The molecule has 0 bridgehead atoms. The number of thiazole rings is 1. The van der Waals surface area contributed by atoms with E-state index in [1.54, 1.807) is 0 Å². The lowest BCUT2D eigenvalue weighted by atomic mass is 10.1. The van der Waals surface area contributed by atoms with Crippen LogP contribution in [0.25, 0.3) is 21.0 Å². The molecule has 1 heterocycles. The fourth-order valence-corrected chi connectivity index (χ4v) is 3.14. The number of rotatable bonds is 3. The molecule has 0 atom stereocenters. The second-order valence-corrected chi connectivity index (χ2v) is 5.73. The van der Waals surface area contributed by atoms with Crippen LogP contribution in [0.1, 0.15) is 16.1 Å². The van der Waals surface area contributed by atoms with Gasteiger partial charge in [0.25, 0.3) is 0 Å². The van der Waals surface area contributed by atoms with Gasteiger partial charge in [-0.2, -0.15) is 0 Å². The van der Waals surface area contributed by atoms with Crippen LogP contribution < -0.4 is 0 Å². The standard InChI is InChI=1S/C17H13NO2S/c1-11-7-9-13(10-8-11)16-18-14(17(19)20)15(21-16)12-5-3-2-4-6-12/h2-10H,1H3,(H,19,20). The Hall–Kier alpha value is -2.46. The van der Waals surface area contributed by atoms with E-state index in [4.69, 9.17) is 0 Å². The van der Waals surface area contributed by atoms with E-state index in [1.165, 1.54) is 11.3 Å². The van der Waals surface area contributed by atoms with Crippen LogP contribution in [0.2, 0.25) is 0 Å². The number of aromatic nitrogens is 1. The third-order valence-electron chi connectivity index (χ3n) is 3.16. The molecule has 4 heteroatoms. The zero-order valence-electron chi connectivity index (χ0n) is 11.4. The zero-order chi connectivity index (χ0) is 14.8. The summed E-state index contributed by atoms with van der Waals surface area (Å²) < 4.78 is 0. The van der Waals surface area contributed by atoms with Crippen molar-refractivity contribution in [1.82, 2.24) is 4.98 Å². The Morgan fingerprint density at radius 1 is 1.00 bits per heavy atom. The van der Waals surface area contributed by atoms with Crippen molar-refractivity contribution in [3.8, 4) is 21.0 Å². The highest BCUT2D eigenvalue weighted by Gasteiger charge is 2.19. The molecule has 1 N–H and O–H groups in total. The van der Waals surface area contributed by atoms with Gasteiger partial charge in [0.15, 0.2) is 5.69 Å². The first kappa shape index (κ1) is 13.5. The van der Waals surface area contributed by atoms with Crippen molar-refractivity contribution >= 4 is 17.3 Å². The molecule has 104 valence electrons. The second-order valence-electron chi connectivity index (χ2n) is 4.73. The maximum Gasteiger partial charge on any atom is 0.356 e. The van der Waals surface area contributed by atoms with Crippen molar-refractivity contribution in [2.45, 2.75) is 6.92 Å². The average Bonchev–Trinajstić information content (AvgIpc) is 2.94. The van der Waals surface area contributed by atoms with E-state index in [1.807, 2.05) is 61.5 Å². The number of benzene rings is 2. The van der Waals surface area contributed by atoms with Crippen LogP contribution in [-0.2, 0) is 0 Å². The van der Waals surface area contributed by atoms with E-state index in [0.29, 0.717) is 4.88 Å². The molecule has 0 amide bonds. The van der Waals surface area contributed by atoms with Crippen molar-refractivity contribution in [1.29, 1.82) is 0 Å². The highest BCUT2D eigenvalue weighted by atomic mass is 32.1. The molecule has 2 aromatic carbocycles. The summed E-state index contributed by atoms with van der Waals surface area (Å²) in [4.78, 5) is 16.4. The Kier molecular flexibility index (Phi) is 3.54. The first-order valence-electron chi connectivity index (χ1n) is 6.52. The third-order valence-corrected chi connectivity index (χ3v) is 4.32. The van der Waals surface area contributed by atoms with Crippen molar-refractivity contribution < 1.29 is 9.90 Å². The van der Waals surface area contributed by atoms with Gasteiger partial charge in [-0.05, 0) is 12.5 Å². The average molecular weight is 295 g/mol. The molecule has 0 unspecified atom stereocenters. The largest absolute Gasteiger partial charge is 0.476 e. The molecule has 0 spiro atoms. The number of nitrogens with zero attached hydrogens (tertiary/aromatic N) is 1. The zero-order valence-corrected chi connectivity index (χ0v) is 12.2. The number of hydrogen-bond acceptors (Lipinski definition) is 3. The number of carboxylic acids is 1. The van der Waals surface area contributed by atoms with Gasteiger partial charge in [0, 0.05) is 5.56 Å². The maximum atomic E-state index is 11.4. The van der Waals surface area contributed by atoms with E-state index in [-0.39, 0.29) is 5.69 Å². The lowest BCUT2D eigenvalue weighted by Gasteiger charge is -1.97. The topological polar surface area (TPSA) is 50.2 Å². The van der Waals surface area contributed by atoms with Gasteiger partial charge in [-0.15, -0.1) is 11.3 Å². The Bertz CT molecular complexity index is 776. The van der Waals surface area contributed by atoms with Gasteiger partial charge in [0.2, 0.25) is 0 Å². The molecule has 0 fully saturated rings. The van der Waals surface area contributed by atoms with Crippen molar-refractivity contribution in [3.05, 3.63) is 65.9 Å². The van der Waals surface area contributed by atoms with Crippen LogP contribution in [0.3, 0.4) is 0 Å². The third kappa shape index (κ3) is 2.71. The Morgan fingerprint density at radius 3 is 2.29 bits per heavy atom. The van der Waals surface area contributed by atoms with Crippen molar-refractivity contribution in [3.63, 3.8) is 0 Å². The van der Waals surface area contributed by atoms with Crippen LogP contribution in [0.5, 0.6) is 0 Å². The van der Waals surface area contributed by atoms with Gasteiger partial charge in [-0.3, -0.25) is 0 Å². The molecule has 1 aromatic heterocycles. The summed E-state index contributed by atoms with van der Waals surface area (Å²) in [6, 6.07) is 17.4. The van der Waals surface area contributed by atoms with E-state index in [2.05, 4.69) is 4.98 Å².